The van der Waals surface area contributed by atoms with E-state index in [4.69, 9.17) is 14.2 Å². The van der Waals surface area contributed by atoms with Gasteiger partial charge in [0.15, 0.2) is 6.10 Å². The molecule has 0 amide bonds. The Kier molecular flexibility index (Phi) is 43.1. The van der Waals surface area contributed by atoms with E-state index in [1.165, 1.54) is 70.6 Å². The molecular formula is C52H84O6. The average molecular weight is 805 g/mol. The van der Waals surface area contributed by atoms with Crippen molar-refractivity contribution in [1.82, 2.24) is 0 Å². The van der Waals surface area contributed by atoms with E-state index in [0.29, 0.717) is 25.7 Å². The lowest BCUT2D eigenvalue weighted by Gasteiger charge is -2.18. The fourth-order valence-corrected chi connectivity index (χ4v) is 5.94. The van der Waals surface area contributed by atoms with Crippen LogP contribution >= 0.6 is 0 Å². The van der Waals surface area contributed by atoms with Gasteiger partial charge >= 0.3 is 17.9 Å². The molecule has 0 spiro atoms. The number of carbonyl (C=O) groups excluding carboxylic acids is 3. The summed E-state index contributed by atoms with van der Waals surface area (Å²) in [5.74, 6) is -1.02. The minimum Gasteiger partial charge on any atom is -0.462 e. The molecule has 0 saturated carbocycles. The van der Waals surface area contributed by atoms with Crippen LogP contribution in [-0.2, 0) is 28.6 Å². The summed E-state index contributed by atoms with van der Waals surface area (Å²) in [6.45, 7) is 6.35. The molecule has 0 heterocycles. The topological polar surface area (TPSA) is 78.9 Å². The number of esters is 3. The third-order valence-corrected chi connectivity index (χ3v) is 9.45. The molecule has 0 aliphatic rings. The number of carbonyl (C=O) groups is 3. The minimum absolute atomic E-state index is 0.115. The normalized spacial score (nSPS) is 12.9. The van der Waals surface area contributed by atoms with Crippen LogP contribution in [0.25, 0.3) is 0 Å². The van der Waals surface area contributed by atoms with Crippen molar-refractivity contribution < 1.29 is 28.6 Å². The van der Waals surface area contributed by atoms with Crippen LogP contribution in [0.3, 0.4) is 0 Å². The fourth-order valence-electron chi connectivity index (χ4n) is 5.94. The zero-order valence-corrected chi connectivity index (χ0v) is 37.3. The van der Waals surface area contributed by atoms with Crippen LogP contribution in [-0.4, -0.2) is 37.2 Å². The Morgan fingerprint density at radius 3 is 1.19 bits per heavy atom. The third kappa shape index (κ3) is 43.5. The van der Waals surface area contributed by atoms with Crippen molar-refractivity contribution >= 4 is 17.9 Å². The minimum atomic E-state index is -0.813. The monoisotopic (exact) mass is 805 g/mol. The van der Waals surface area contributed by atoms with Gasteiger partial charge in [0.05, 0.1) is 0 Å². The summed E-state index contributed by atoms with van der Waals surface area (Å²) in [6, 6.07) is 0. The number of ether oxygens (including phenoxy) is 3. The van der Waals surface area contributed by atoms with Crippen molar-refractivity contribution in [3.05, 3.63) is 97.2 Å². The molecule has 6 nitrogen and oxygen atoms in total. The van der Waals surface area contributed by atoms with E-state index < -0.39 is 6.10 Å². The van der Waals surface area contributed by atoms with E-state index in [0.717, 1.165) is 77.0 Å². The number of hydrogen-bond donors (Lipinski definition) is 0. The molecule has 6 heteroatoms. The maximum Gasteiger partial charge on any atom is 0.306 e. The van der Waals surface area contributed by atoms with Gasteiger partial charge in [-0.05, 0) is 83.5 Å². The number of allylic oxidation sites excluding steroid dienone is 16. The lowest BCUT2D eigenvalue weighted by atomic mass is 10.1. The highest BCUT2D eigenvalue weighted by atomic mass is 16.6. The molecule has 0 aromatic heterocycles. The smallest absolute Gasteiger partial charge is 0.306 e. The van der Waals surface area contributed by atoms with E-state index in [1.807, 2.05) is 60.8 Å². The quantitative estimate of drug-likeness (QED) is 0.0202. The molecule has 0 fully saturated rings. The molecule has 0 N–H and O–H groups in total. The van der Waals surface area contributed by atoms with E-state index in [2.05, 4.69) is 57.2 Å². The van der Waals surface area contributed by atoms with Crippen molar-refractivity contribution in [2.24, 2.45) is 0 Å². The Hall–Kier alpha value is -3.67. The molecule has 0 radical (unpaired) electrons. The highest BCUT2D eigenvalue weighted by Crippen LogP contribution is 2.12. The number of rotatable bonds is 40. The first-order valence-electron chi connectivity index (χ1n) is 23.3. The van der Waals surface area contributed by atoms with Gasteiger partial charge in [0.25, 0.3) is 0 Å². The van der Waals surface area contributed by atoms with Gasteiger partial charge in [-0.15, -0.1) is 0 Å². The van der Waals surface area contributed by atoms with Crippen LogP contribution in [0.4, 0.5) is 0 Å². The molecule has 0 aliphatic carbocycles. The molecule has 1 atom stereocenters. The molecule has 0 bridgehead atoms. The SMILES string of the molecule is CC\C=C/C=C\C=C/C=C\C=C\C=C/CCCCCC(=O)OCC(COC(=O)CCC/C=C\CCCCCC)OC(=O)CCCCC/C=C\CCCCCCCCC. The van der Waals surface area contributed by atoms with Gasteiger partial charge in [0, 0.05) is 19.3 Å². The van der Waals surface area contributed by atoms with E-state index in [-0.39, 0.29) is 31.1 Å². The molecule has 1 unspecified atom stereocenters. The maximum atomic E-state index is 12.7. The highest BCUT2D eigenvalue weighted by Gasteiger charge is 2.19. The molecule has 328 valence electrons. The Bertz CT molecular complexity index is 1200. The van der Waals surface area contributed by atoms with Crippen LogP contribution in [0.15, 0.2) is 97.2 Å². The molecule has 0 saturated heterocycles. The standard InChI is InChI=1S/C52H84O6/c1-4-7-10-13-16-19-21-23-25-26-27-29-30-33-36-39-42-45-51(54)57-48-49(47-56-50(53)44-41-38-35-32-18-15-12-9-6-3)58-52(55)46-43-40-37-34-31-28-24-22-20-17-14-11-8-5-2/h7,10,13,16,19,21,23,25-32,35,49H,4-6,8-9,11-12,14-15,17-18,20,22,24,33-34,36-48H2,1-3H3/b10-7-,16-13-,21-19-,25-23-,27-26+,30-29-,31-28-,35-32-. The van der Waals surface area contributed by atoms with E-state index >= 15 is 0 Å². The third-order valence-electron chi connectivity index (χ3n) is 9.45. The molecule has 58 heavy (non-hydrogen) atoms. The van der Waals surface area contributed by atoms with E-state index in [1.54, 1.807) is 0 Å². The first-order chi connectivity index (χ1) is 28.5. The Morgan fingerprint density at radius 1 is 0.362 bits per heavy atom. The van der Waals surface area contributed by atoms with Crippen molar-refractivity contribution in [3.63, 3.8) is 0 Å². The molecular weight excluding hydrogens is 721 g/mol. The second-order valence-corrected chi connectivity index (χ2v) is 15.1. The zero-order chi connectivity index (χ0) is 42.3. The lowest BCUT2D eigenvalue weighted by molar-refractivity contribution is -0.167. The van der Waals surface area contributed by atoms with Crippen LogP contribution in [0.5, 0.6) is 0 Å². The first kappa shape index (κ1) is 54.3. The first-order valence-corrected chi connectivity index (χ1v) is 23.3. The van der Waals surface area contributed by atoms with Crippen molar-refractivity contribution in [2.45, 2.75) is 200 Å². The molecule has 0 aromatic rings. The van der Waals surface area contributed by atoms with Gasteiger partial charge in [-0.25, -0.2) is 0 Å². The van der Waals surface area contributed by atoms with Gasteiger partial charge in [0.1, 0.15) is 13.2 Å². The molecule has 0 aliphatic heterocycles. The summed E-state index contributed by atoms with van der Waals surface area (Å²) in [4.78, 5) is 37.7. The van der Waals surface area contributed by atoms with Crippen LogP contribution in [0, 0.1) is 0 Å². The maximum absolute atomic E-state index is 12.7. The fraction of sp³-hybridized carbons (Fsp3) is 0.635. The predicted octanol–water partition coefficient (Wildman–Crippen LogP) is 15.0. The molecule has 0 rings (SSSR count). The highest BCUT2D eigenvalue weighted by molar-refractivity contribution is 5.71. The largest absolute Gasteiger partial charge is 0.462 e. The van der Waals surface area contributed by atoms with E-state index in [9.17, 15) is 14.4 Å². The van der Waals surface area contributed by atoms with Crippen molar-refractivity contribution in [1.29, 1.82) is 0 Å². The summed E-state index contributed by atoms with van der Waals surface area (Å²) in [6.07, 6.45) is 59.7. The Labute approximate surface area is 356 Å². The summed E-state index contributed by atoms with van der Waals surface area (Å²) in [7, 11) is 0. The summed E-state index contributed by atoms with van der Waals surface area (Å²) < 4.78 is 16.6. The van der Waals surface area contributed by atoms with Crippen molar-refractivity contribution in [3.8, 4) is 0 Å². The second-order valence-electron chi connectivity index (χ2n) is 15.1. The summed E-state index contributed by atoms with van der Waals surface area (Å²) in [5, 5.41) is 0. The lowest BCUT2D eigenvalue weighted by Crippen LogP contribution is -2.30. The van der Waals surface area contributed by atoms with Gasteiger partial charge < -0.3 is 14.2 Å². The van der Waals surface area contributed by atoms with Crippen LogP contribution in [0.2, 0.25) is 0 Å². The van der Waals surface area contributed by atoms with Crippen molar-refractivity contribution in [2.75, 3.05) is 13.2 Å². The van der Waals surface area contributed by atoms with Gasteiger partial charge in [-0.3, -0.25) is 14.4 Å². The number of unbranched alkanes of at least 4 members (excludes halogenated alkanes) is 18. The van der Waals surface area contributed by atoms with Gasteiger partial charge in [-0.1, -0.05) is 189 Å². The predicted molar refractivity (Wildman–Crippen MR) is 247 cm³/mol. The number of hydrogen-bond acceptors (Lipinski definition) is 6. The molecule has 0 aromatic carbocycles. The summed E-state index contributed by atoms with van der Waals surface area (Å²) in [5.41, 5.74) is 0. The average Bonchev–Trinajstić information content (AvgIpc) is 3.22. The zero-order valence-electron chi connectivity index (χ0n) is 37.3. The van der Waals surface area contributed by atoms with Gasteiger partial charge in [0.2, 0.25) is 0 Å². The Morgan fingerprint density at radius 2 is 0.707 bits per heavy atom. The Balaban J connectivity index is 4.51. The van der Waals surface area contributed by atoms with Gasteiger partial charge in [-0.2, -0.15) is 0 Å². The summed E-state index contributed by atoms with van der Waals surface area (Å²) >= 11 is 0. The van der Waals surface area contributed by atoms with Crippen LogP contribution < -0.4 is 0 Å². The second kappa shape index (κ2) is 46.0. The van der Waals surface area contributed by atoms with Crippen LogP contribution in [0.1, 0.15) is 194 Å².